The third-order valence-corrected chi connectivity index (χ3v) is 1.74. The SMILES string of the molecule is NC1(C(=O)O)C=CC=C(Br)N1. The van der Waals surface area contributed by atoms with Gasteiger partial charge in [-0.15, -0.1) is 0 Å². The molecule has 0 bridgehead atoms. The van der Waals surface area contributed by atoms with Gasteiger partial charge in [0.05, 0.1) is 4.61 Å². The van der Waals surface area contributed by atoms with Crippen LogP contribution in [-0.2, 0) is 4.79 Å². The van der Waals surface area contributed by atoms with Gasteiger partial charge >= 0.3 is 5.97 Å². The lowest BCUT2D eigenvalue weighted by Crippen LogP contribution is -2.57. The molecule has 60 valence electrons. The molecule has 1 rings (SSSR count). The van der Waals surface area contributed by atoms with E-state index < -0.39 is 11.6 Å². The molecule has 1 atom stereocenters. The molecule has 5 heteroatoms. The van der Waals surface area contributed by atoms with E-state index >= 15 is 0 Å². The number of hydrogen-bond donors (Lipinski definition) is 3. The van der Waals surface area contributed by atoms with E-state index in [1.54, 1.807) is 12.2 Å². The lowest BCUT2D eigenvalue weighted by molar-refractivity contribution is -0.142. The number of halogens is 1. The molecule has 0 aliphatic carbocycles. The smallest absolute Gasteiger partial charge is 0.348 e. The van der Waals surface area contributed by atoms with Crippen molar-refractivity contribution >= 4 is 21.9 Å². The van der Waals surface area contributed by atoms with Crippen LogP contribution in [0.15, 0.2) is 22.8 Å². The van der Waals surface area contributed by atoms with Crippen molar-refractivity contribution < 1.29 is 9.90 Å². The molecular formula is C6H7BrN2O2. The minimum Gasteiger partial charge on any atom is -0.478 e. The first-order valence-corrected chi connectivity index (χ1v) is 3.69. The lowest BCUT2D eigenvalue weighted by Gasteiger charge is -2.25. The summed E-state index contributed by atoms with van der Waals surface area (Å²) in [4.78, 5) is 10.5. The maximum atomic E-state index is 10.5. The van der Waals surface area contributed by atoms with E-state index in [9.17, 15) is 4.79 Å². The van der Waals surface area contributed by atoms with Gasteiger partial charge in [-0.25, -0.2) is 4.79 Å². The Bertz CT molecular complexity index is 249. The molecule has 0 saturated carbocycles. The van der Waals surface area contributed by atoms with Crippen molar-refractivity contribution in [2.24, 2.45) is 5.73 Å². The maximum absolute atomic E-state index is 10.5. The highest BCUT2D eigenvalue weighted by Crippen LogP contribution is 2.12. The van der Waals surface area contributed by atoms with Gasteiger partial charge in [-0.2, -0.15) is 0 Å². The van der Waals surface area contributed by atoms with Crippen molar-refractivity contribution in [1.29, 1.82) is 0 Å². The summed E-state index contributed by atoms with van der Waals surface area (Å²) < 4.78 is 0.560. The number of carbonyl (C=O) groups is 1. The number of aliphatic carboxylic acids is 1. The molecule has 1 aliphatic heterocycles. The number of carboxylic acids is 1. The van der Waals surface area contributed by atoms with Gasteiger partial charge in [0.25, 0.3) is 0 Å². The predicted octanol–water partition coefficient (Wildman–Crippen LogP) is 0.122. The fourth-order valence-electron chi connectivity index (χ4n) is 0.690. The highest BCUT2D eigenvalue weighted by molar-refractivity contribution is 9.11. The molecule has 0 aromatic rings. The third-order valence-electron chi connectivity index (χ3n) is 1.28. The Hall–Kier alpha value is -0.810. The zero-order valence-electron chi connectivity index (χ0n) is 5.54. The molecule has 4 nitrogen and oxygen atoms in total. The van der Waals surface area contributed by atoms with Gasteiger partial charge in [-0.05, 0) is 28.1 Å². The highest BCUT2D eigenvalue weighted by Gasteiger charge is 2.32. The van der Waals surface area contributed by atoms with Crippen LogP contribution in [0.4, 0.5) is 0 Å². The van der Waals surface area contributed by atoms with Crippen molar-refractivity contribution in [3.05, 3.63) is 22.8 Å². The van der Waals surface area contributed by atoms with Crippen molar-refractivity contribution in [3.63, 3.8) is 0 Å². The van der Waals surface area contributed by atoms with Gasteiger partial charge in [-0.1, -0.05) is 6.08 Å². The van der Waals surface area contributed by atoms with Crippen LogP contribution in [0.2, 0.25) is 0 Å². The molecular weight excluding hydrogens is 212 g/mol. The quantitative estimate of drug-likeness (QED) is 0.547. The largest absolute Gasteiger partial charge is 0.478 e. The monoisotopic (exact) mass is 218 g/mol. The second-order valence-electron chi connectivity index (χ2n) is 2.17. The van der Waals surface area contributed by atoms with Gasteiger partial charge in [0.2, 0.25) is 5.66 Å². The van der Waals surface area contributed by atoms with Gasteiger partial charge in [0, 0.05) is 0 Å². The Morgan fingerprint density at radius 2 is 2.45 bits per heavy atom. The van der Waals surface area contributed by atoms with Gasteiger partial charge in [0.1, 0.15) is 0 Å². The molecule has 1 unspecified atom stereocenters. The van der Waals surface area contributed by atoms with Crippen LogP contribution in [0.3, 0.4) is 0 Å². The molecule has 0 aromatic heterocycles. The number of allylic oxidation sites excluding steroid dienone is 2. The number of dihydropyridines is 1. The molecule has 1 heterocycles. The van der Waals surface area contributed by atoms with Gasteiger partial charge in [0.15, 0.2) is 0 Å². The first kappa shape index (κ1) is 8.29. The zero-order valence-corrected chi connectivity index (χ0v) is 7.13. The number of nitrogens with two attached hydrogens (primary N) is 1. The lowest BCUT2D eigenvalue weighted by atomic mass is 10.1. The second kappa shape index (κ2) is 2.67. The third kappa shape index (κ3) is 1.61. The fraction of sp³-hybridized carbons (Fsp3) is 0.167. The summed E-state index contributed by atoms with van der Waals surface area (Å²) in [5, 5.41) is 11.2. The molecule has 0 fully saturated rings. The Morgan fingerprint density at radius 3 is 2.82 bits per heavy atom. The number of nitrogens with one attached hydrogen (secondary N) is 1. The van der Waals surface area contributed by atoms with Crippen LogP contribution >= 0.6 is 15.9 Å². The van der Waals surface area contributed by atoms with E-state index in [0.717, 1.165) is 0 Å². The number of rotatable bonds is 1. The summed E-state index contributed by atoms with van der Waals surface area (Å²) in [5.74, 6) is -1.11. The first-order valence-electron chi connectivity index (χ1n) is 2.90. The summed E-state index contributed by atoms with van der Waals surface area (Å²) in [6, 6.07) is 0. The molecule has 11 heavy (non-hydrogen) atoms. The van der Waals surface area contributed by atoms with Crippen LogP contribution < -0.4 is 11.1 Å². The molecule has 0 amide bonds. The van der Waals surface area contributed by atoms with Crippen molar-refractivity contribution in [2.75, 3.05) is 0 Å². The summed E-state index contributed by atoms with van der Waals surface area (Å²) in [5.41, 5.74) is 3.95. The van der Waals surface area contributed by atoms with E-state index in [1.165, 1.54) is 6.08 Å². The number of carboxylic acid groups (broad SMARTS) is 1. The van der Waals surface area contributed by atoms with Crippen LogP contribution in [0, 0.1) is 0 Å². The first-order chi connectivity index (χ1) is 5.04. The van der Waals surface area contributed by atoms with Crippen LogP contribution in [0.25, 0.3) is 0 Å². The minimum atomic E-state index is -1.48. The zero-order chi connectivity index (χ0) is 8.48. The van der Waals surface area contributed by atoms with E-state index in [-0.39, 0.29) is 0 Å². The van der Waals surface area contributed by atoms with E-state index in [4.69, 9.17) is 10.8 Å². The average Bonchev–Trinajstić information content (AvgIpc) is 1.86. The normalized spacial score (nSPS) is 29.1. The topological polar surface area (TPSA) is 75.4 Å². The van der Waals surface area contributed by atoms with E-state index in [0.29, 0.717) is 4.61 Å². The summed E-state index contributed by atoms with van der Waals surface area (Å²) in [6.07, 6.45) is 4.63. The molecule has 4 N–H and O–H groups in total. The summed E-state index contributed by atoms with van der Waals surface area (Å²) >= 11 is 3.09. The van der Waals surface area contributed by atoms with E-state index in [2.05, 4.69) is 21.2 Å². The van der Waals surface area contributed by atoms with Crippen LogP contribution in [0.5, 0.6) is 0 Å². The molecule has 0 saturated heterocycles. The number of hydrogen-bond acceptors (Lipinski definition) is 3. The average molecular weight is 219 g/mol. The molecule has 0 spiro atoms. The molecule has 0 radical (unpaired) electrons. The minimum absolute atomic E-state index is 0.560. The highest BCUT2D eigenvalue weighted by atomic mass is 79.9. The van der Waals surface area contributed by atoms with Gasteiger partial charge in [-0.3, -0.25) is 5.73 Å². The van der Waals surface area contributed by atoms with Crippen molar-refractivity contribution in [2.45, 2.75) is 5.66 Å². The molecule has 0 aromatic carbocycles. The van der Waals surface area contributed by atoms with Crippen LogP contribution in [0.1, 0.15) is 0 Å². The van der Waals surface area contributed by atoms with Crippen LogP contribution in [-0.4, -0.2) is 16.7 Å². The maximum Gasteiger partial charge on any atom is 0.348 e. The van der Waals surface area contributed by atoms with E-state index in [1.807, 2.05) is 0 Å². The second-order valence-corrected chi connectivity index (χ2v) is 3.03. The van der Waals surface area contributed by atoms with Gasteiger partial charge < -0.3 is 10.4 Å². The summed E-state index contributed by atoms with van der Waals surface area (Å²) in [7, 11) is 0. The predicted molar refractivity (Wildman–Crippen MR) is 43.8 cm³/mol. The Morgan fingerprint density at radius 1 is 1.82 bits per heavy atom. The Balaban J connectivity index is 2.86. The fourth-order valence-corrected chi connectivity index (χ4v) is 1.17. The van der Waals surface area contributed by atoms with Crippen molar-refractivity contribution in [1.82, 2.24) is 5.32 Å². The summed E-state index contributed by atoms with van der Waals surface area (Å²) in [6.45, 7) is 0. The molecule has 1 aliphatic rings. The Labute approximate surface area is 71.9 Å². The van der Waals surface area contributed by atoms with Crippen molar-refractivity contribution in [3.8, 4) is 0 Å². The Kier molecular flexibility index (Phi) is 2.01. The standard InChI is InChI=1S/C6H7BrN2O2/c7-4-2-1-3-6(8,9-4)5(10)11/h1-3,9H,8H2,(H,10,11).